The zero-order chi connectivity index (χ0) is 31.2. The van der Waals surface area contributed by atoms with Gasteiger partial charge in [0.2, 0.25) is 12.1 Å². The molecule has 0 spiro atoms. The summed E-state index contributed by atoms with van der Waals surface area (Å²) in [6.45, 7) is 19.2. The van der Waals surface area contributed by atoms with Gasteiger partial charge in [0.15, 0.2) is 23.0 Å². The van der Waals surface area contributed by atoms with E-state index < -0.39 is 17.7 Å². The van der Waals surface area contributed by atoms with Crippen molar-refractivity contribution in [2.24, 2.45) is 0 Å². The smallest absolute Gasteiger partial charge is 0.267 e. The molecule has 2 aromatic carbocycles. The Hall–Kier alpha value is -3.95. The van der Waals surface area contributed by atoms with E-state index in [9.17, 15) is 4.79 Å². The summed E-state index contributed by atoms with van der Waals surface area (Å²) in [5, 5.41) is 4.09. The number of nitrogens with zero attached hydrogens (tertiary/aromatic N) is 4. The molecule has 1 saturated heterocycles. The maximum atomic E-state index is 14.1. The van der Waals surface area contributed by atoms with E-state index in [0.717, 1.165) is 16.5 Å². The number of hydrogen-bond acceptors (Lipinski definition) is 9. The van der Waals surface area contributed by atoms with Crippen LogP contribution in [0.25, 0.3) is 10.9 Å². The van der Waals surface area contributed by atoms with Crippen LogP contribution in [0.2, 0.25) is 0 Å². The van der Waals surface area contributed by atoms with Gasteiger partial charge in [-0.1, -0.05) is 12.1 Å². The summed E-state index contributed by atoms with van der Waals surface area (Å²) < 4.78 is 24.4. The molecule has 414 valence electrons. The predicted octanol–water partition coefficient (Wildman–Crippen LogP) is 28.0. The van der Waals surface area contributed by atoms with Crippen LogP contribution in [-0.4, -0.2) is 76.9 Å². The van der Waals surface area contributed by atoms with Gasteiger partial charge in [-0.2, -0.15) is 4.98 Å². The van der Waals surface area contributed by atoms with E-state index in [0.29, 0.717) is 47.9 Å². The Kier molecular flexibility index (Phi) is 8.24. The zero-order valence-corrected chi connectivity index (χ0v) is 27.0. The first kappa shape index (κ1) is 30.5. The van der Waals surface area contributed by atoms with Gasteiger partial charge in [0, 0.05) is 161 Å². The van der Waals surface area contributed by atoms with E-state index >= 15 is 0 Å². The number of benzene rings is 2. The fraction of sp³-hybridized carbons (Fsp3) is 0.545. The molecule has 0 saturated carbocycles. The molecule has 1 aromatic heterocycles. The van der Waals surface area contributed by atoms with Gasteiger partial charge >= 0.3 is 0 Å². The Labute approximate surface area is 389 Å². The molecular formula is C33H227N5O5. The van der Waals surface area contributed by atoms with Gasteiger partial charge in [-0.3, -0.25) is 4.79 Å². The van der Waals surface area contributed by atoms with Crippen LogP contribution in [0.5, 0.6) is 23.0 Å². The molecule has 10 heteroatoms. The summed E-state index contributed by atoms with van der Waals surface area (Å²) in [5.41, 5.74) is 1.22. The number of piperazine rings is 1. The maximum Gasteiger partial charge on any atom is 0.267 e. The average Bonchev–Trinajstić information content (AvgIpc) is 2.94. The third-order valence-corrected chi connectivity index (χ3v) is 8.56. The van der Waals surface area contributed by atoms with Gasteiger partial charge in [0.1, 0.15) is 11.9 Å². The lowest BCUT2D eigenvalue weighted by Gasteiger charge is -2.55. The highest BCUT2D eigenvalue weighted by Gasteiger charge is 2.49. The minimum Gasteiger partial charge on any atom is -0.490 e. The molecule has 0 radical (unpaired) electrons. The largest absolute Gasteiger partial charge is 0.490 e. The van der Waals surface area contributed by atoms with Crippen molar-refractivity contribution in [3.63, 3.8) is 0 Å². The molecule has 3 heterocycles. The summed E-state index contributed by atoms with van der Waals surface area (Å²) in [6, 6.07) is 9.35. The van der Waals surface area contributed by atoms with Gasteiger partial charge in [-0.15, -0.1) is 0 Å². The van der Waals surface area contributed by atoms with Crippen LogP contribution in [0.15, 0.2) is 30.3 Å². The molecule has 0 aliphatic carbocycles. The number of para-hydroxylation sites is 1. The Bertz CT molecular complexity index is 1630. The van der Waals surface area contributed by atoms with Crippen molar-refractivity contribution in [2.75, 3.05) is 30.4 Å². The van der Waals surface area contributed by atoms with Crippen LogP contribution in [0, 0.1) is 6.92 Å². The molecular weight excluding hydrogens is 546 g/mol. The molecule has 10 nitrogen and oxygen atoms in total. The lowest BCUT2D eigenvalue weighted by Crippen LogP contribution is -2.71. The monoisotopic (exact) mass is 775 g/mol. The first-order chi connectivity index (χ1) is 20.4. The fourth-order valence-corrected chi connectivity index (χ4v) is 6.21. The van der Waals surface area contributed by atoms with Crippen LogP contribution in [-0.2, 0) is 4.79 Å². The number of nitrogens with one attached hydrogen (secondary N) is 1. The first-order valence-electron chi connectivity index (χ1n) is 15.2. The molecule has 4 unspecified atom stereocenters. The van der Waals surface area contributed by atoms with Gasteiger partial charge in [-0.05, 0) is 80.0 Å². The minimum atomic E-state index is -0.738. The van der Waals surface area contributed by atoms with E-state index in [1.807, 2.05) is 76.9 Å². The van der Waals surface area contributed by atoms with Crippen molar-refractivity contribution >= 4 is 28.6 Å². The van der Waals surface area contributed by atoms with Crippen molar-refractivity contribution in [1.29, 1.82) is 0 Å². The number of aromatic nitrogens is 2. The second-order valence-electron chi connectivity index (χ2n) is 12.3. The zero-order valence-electron chi connectivity index (χ0n) is 27.0. The number of carbonyl (C=O) groups is 1. The number of amides is 1. The van der Waals surface area contributed by atoms with Crippen LogP contribution in [0.4, 0.5) is 11.8 Å². The van der Waals surface area contributed by atoms with Gasteiger partial charge in [0.05, 0.1) is 29.8 Å². The maximum absolute atomic E-state index is 14.1. The van der Waals surface area contributed by atoms with Crippen molar-refractivity contribution in [1.82, 2.24) is 14.9 Å². The Balaban J connectivity index is -0.00000000286. The normalized spacial score (nSPS) is 23.0. The number of ether oxygens (including phenoxy) is 4. The van der Waals surface area contributed by atoms with E-state index in [-0.39, 0.29) is 154 Å². The third-order valence-electron chi connectivity index (χ3n) is 8.56. The number of hydrogen-bond donors (Lipinski definition) is 1. The highest BCUT2D eigenvalue weighted by Crippen LogP contribution is 2.41. The average molecular weight is 775 g/mol. The van der Waals surface area contributed by atoms with Crippen LogP contribution < -0.4 is 29.2 Å². The van der Waals surface area contributed by atoms with Crippen molar-refractivity contribution in [2.45, 2.75) is 98.2 Å². The predicted molar refractivity (Wildman–Crippen MR) is 361 cm³/mol. The second-order valence-corrected chi connectivity index (χ2v) is 12.3. The first-order valence-corrected chi connectivity index (χ1v) is 15.2. The third kappa shape index (κ3) is 5.47. The summed E-state index contributed by atoms with van der Waals surface area (Å²) in [7, 11) is 1.85. The number of aryl methyl sites for hydroxylation is 1. The Morgan fingerprint density at radius 2 is 1.91 bits per heavy atom. The number of carbonyl (C=O) groups excluding carboxylic acids is 1. The number of rotatable bonds is 7. The molecule has 43 heavy (non-hydrogen) atoms. The molecule has 4 atom stereocenters. The molecule has 0 bridgehead atoms. The van der Waals surface area contributed by atoms with E-state index in [4.69, 9.17) is 28.9 Å². The van der Waals surface area contributed by atoms with E-state index in [1.165, 1.54) is 0 Å². The van der Waals surface area contributed by atoms with Gasteiger partial charge in [-0.25, -0.2) is 4.98 Å². The standard InChI is InChI=1S/C33H45N5O5.91H2/c1-11-40-26-15-23-24(16-27(26)41-18(2)3)35-32(36-30(23)34-10)38-20(5)17-37(22(7)33(38,8)9)31(39)29-21(6)42-28-19(4)13-12-14-25(28)43-29;;;;;;;;;;;;;;;;;;;;;;;;;;;;;;;;;;;;;;;;;;;;;;;;;;;;;;;;;;;;;;;;;;;;;;;;;;;;;;;;;;;;;;;;;;;/h12-16,18,20-22,29H,11,17H2,1-10H3,(H,34,35,36);91*1H. The lowest BCUT2D eigenvalue weighted by atomic mass is 9.86. The number of fused-ring (bicyclic) bond motifs is 2. The molecule has 5 rings (SSSR count). The van der Waals surface area contributed by atoms with E-state index in [2.05, 4.69) is 37.9 Å². The Morgan fingerprint density at radius 1 is 1.16 bits per heavy atom. The second kappa shape index (κ2) is 11.6. The summed E-state index contributed by atoms with van der Waals surface area (Å²) in [4.78, 5) is 28.2. The van der Waals surface area contributed by atoms with Crippen LogP contribution >= 0.6 is 0 Å². The molecule has 1 amide bonds. The van der Waals surface area contributed by atoms with Crippen molar-refractivity contribution < 1.29 is 154 Å². The molecule has 3 aromatic rings. The van der Waals surface area contributed by atoms with Gasteiger partial charge in [0.25, 0.3) is 5.91 Å². The van der Waals surface area contributed by atoms with Crippen LogP contribution in [0.1, 0.15) is 191 Å². The van der Waals surface area contributed by atoms with Crippen molar-refractivity contribution in [3.05, 3.63) is 35.9 Å². The van der Waals surface area contributed by atoms with Gasteiger partial charge < -0.3 is 34.1 Å². The summed E-state index contributed by atoms with van der Waals surface area (Å²) in [5.74, 6) is 3.81. The molecule has 1 N–H and O–H groups in total. The molecule has 2 aliphatic rings. The minimum absolute atomic E-state index is 0. The fourth-order valence-electron chi connectivity index (χ4n) is 6.21. The number of anilines is 2. The summed E-state index contributed by atoms with van der Waals surface area (Å²) >= 11 is 0. The SMILES string of the molecule is CCOc1cc2c(NC)nc(N3C(C)CN(C(=O)C4Oc5cccc(C)c5OC4C)C(C)C3(C)C)nc2cc1OC(C)C.[HH].[HH].[HH].[HH].[HH].[HH].[HH].[HH].[HH].[HH].[HH].[HH].[HH].[HH].[HH].[HH].[HH].[HH].[HH].[HH].[HH].[HH].[HH].[HH].[HH].[HH].[HH].[HH].[HH].[HH].[HH].[HH].[HH].[HH].[HH].[HH].[HH].[HH].[HH].[HH].[HH].[HH].[HH].[HH].[HH].[HH].[HH].[HH].[HH].[HH].[HH].[HH].[HH].[HH].[HH].[HH].[HH].[HH].[HH].[HH].[HH].[HH].[HH].[HH].[HH].[HH].[HH].[HH].[HH].[HH].[HH].[HH].[HH].[HH].[HH].[HH].[HH].[HH].[HH].[HH].[HH].[HH].[HH].[HH].[HH].[HH].[HH].[HH].[HH].[HH].[HH]. The van der Waals surface area contributed by atoms with Crippen molar-refractivity contribution in [3.8, 4) is 23.0 Å². The molecule has 2 aliphatic heterocycles. The molecule has 1 fully saturated rings. The van der Waals surface area contributed by atoms with Crippen LogP contribution in [0.3, 0.4) is 0 Å². The van der Waals surface area contributed by atoms with E-state index in [1.54, 1.807) is 0 Å². The quantitative estimate of drug-likeness (QED) is 0.251. The topological polar surface area (TPSA) is 98.3 Å². The summed E-state index contributed by atoms with van der Waals surface area (Å²) in [6.07, 6.45) is -1.18. The Morgan fingerprint density at radius 3 is 2.58 bits per heavy atom. The lowest BCUT2D eigenvalue weighted by molar-refractivity contribution is -0.149. The highest BCUT2D eigenvalue weighted by atomic mass is 16.6. The highest BCUT2D eigenvalue weighted by molar-refractivity contribution is 5.93.